The lowest BCUT2D eigenvalue weighted by Gasteiger charge is -2.74. The first-order chi connectivity index (χ1) is 15.1. The van der Waals surface area contributed by atoms with Gasteiger partial charge in [0.15, 0.2) is 0 Å². The van der Waals surface area contributed by atoms with E-state index in [4.69, 9.17) is 0 Å². The summed E-state index contributed by atoms with van der Waals surface area (Å²) in [5.74, 6) is 1.69. The summed E-state index contributed by atoms with van der Waals surface area (Å²) in [6.07, 6.45) is 8.10. The number of rotatable bonds is 0. The van der Waals surface area contributed by atoms with Gasteiger partial charge in [-0.25, -0.2) is 0 Å². The Balaban J connectivity index is 1.63. The lowest BCUT2D eigenvalue weighted by Crippen LogP contribution is -2.73. The first-order valence-corrected chi connectivity index (χ1v) is 13.8. The molecule has 0 amide bonds. The van der Waals surface area contributed by atoms with Gasteiger partial charge >= 0.3 is 0 Å². The van der Waals surface area contributed by atoms with Gasteiger partial charge in [0, 0.05) is 30.1 Å². The van der Waals surface area contributed by atoms with E-state index in [1.807, 2.05) is 0 Å². The van der Waals surface area contributed by atoms with E-state index in [9.17, 15) is 14.7 Å². The van der Waals surface area contributed by atoms with Gasteiger partial charge in [-0.3, -0.25) is 9.59 Å². The summed E-state index contributed by atoms with van der Waals surface area (Å²) in [6, 6.07) is 0. The van der Waals surface area contributed by atoms with E-state index in [1.54, 1.807) is 0 Å². The molecule has 0 heterocycles. The molecule has 0 aliphatic heterocycles. The Bertz CT molecular complexity index is 891. The maximum absolute atomic E-state index is 14.3. The van der Waals surface area contributed by atoms with Crippen molar-refractivity contribution in [3.8, 4) is 0 Å². The number of aliphatic hydroxyl groups is 1. The van der Waals surface area contributed by atoms with Crippen LogP contribution in [0, 0.1) is 56.2 Å². The third kappa shape index (κ3) is 2.78. The topological polar surface area (TPSA) is 54.4 Å². The maximum atomic E-state index is 14.3. The molecule has 0 aromatic carbocycles. The standard InChI is InChI=1S/C30H48O3/c1-18-19(31)9-10-21-27(5)13-14-29(7)22-16-25(2,3)11-12-26(22,4)17-23(33)30(29,8)24(27)20(32)15-28(18,21)6/h18,20-22,24,32H,9-17H2,1-8H3/t18-,20+,21-,22+,24-,26+,27-,28+,29-,30+/m0/s1. The lowest BCUT2D eigenvalue weighted by molar-refractivity contribution is -0.267. The van der Waals surface area contributed by atoms with E-state index in [0.29, 0.717) is 48.1 Å². The highest BCUT2D eigenvalue weighted by Crippen LogP contribution is 2.77. The Morgan fingerprint density at radius 2 is 1.48 bits per heavy atom. The van der Waals surface area contributed by atoms with Crippen molar-refractivity contribution >= 4 is 11.6 Å². The summed E-state index contributed by atoms with van der Waals surface area (Å²) in [5, 5.41) is 11.9. The van der Waals surface area contributed by atoms with Crippen LogP contribution in [-0.4, -0.2) is 22.8 Å². The Kier molecular flexibility index (Phi) is 4.90. The Hall–Kier alpha value is -0.700. The molecule has 1 N–H and O–H groups in total. The molecule has 0 aromatic heterocycles. The van der Waals surface area contributed by atoms with Crippen LogP contribution in [0.4, 0.5) is 0 Å². The van der Waals surface area contributed by atoms with E-state index >= 15 is 0 Å². The van der Waals surface area contributed by atoms with Crippen molar-refractivity contribution in [3.63, 3.8) is 0 Å². The number of fused-ring (bicyclic) bond motifs is 7. The predicted molar refractivity (Wildman–Crippen MR) is 132 cm³/mol. The summed E-state index contributed by atoms with van der Waals surface area (Å²) in [4.78, 5) is 27.0. The number of ketones is 2. The quantitative estimate of drug-likeness (QED) is 0.446. The number of carbonyl (C=O) groups excluding carboxylic acids is 2. The van der Waals surface area contributed by atoms with Crippen LogP contribution in [0.2, 0.25) is 0 Å². The van der Waals surface area contributed by atoms with Gasteiger partial charge < -0.3 is 5.11 Å². The average molecular weight is 457 g/mol. The highest BCUT2D eigenvalue weighted by atomic mass is 16.3. The molecule has 0 bridgehead atoms. The Morgan fingerprint density at radius 1 is 0.818 bits per heavy atom. The van der Waals surface area contributed by atoms with Crippen LogP contribution in [0.15, 0.2) is 0 Å². The summed E-state index contributed by atoms with van der Waals surface area (Å²) in [7, 11) is 0. The summed E-state index contributed by atoms with van der Waals surface area (Å²) in [5.41, 5.74) is -0.425. The fourth-order valence-electron chi connectivity index (χ4n) is 11.1. The molecule has 0 radical (unpaired) electrons. The van der Waals surface area contributed by atoms with E-state index in [-0.39, 0.29) is 33.5 Å². The van der Waals surface area contributed by atoms with Crippen molar-refractivity contribution in [1.29, 1.82) is 0 Å². The van der Waals surface area contributed by atoms with Gasteiger partial charge in [-0.05, 0) is 83.9 Å². The molecule has 5 fully saturated rings. The van der Waals surface area contributed by atoms with Crippen molar-refractivity contribution in [2.45, 2.75) is 119 Å². The van der Waals surface area contributed by atoms with E-state index < -0.39 is 11.5 Å². The number of aliphatic hydroxyl groups excluding tert-OH is 1. The van der Waals surface area contributed by atoms with Crippen LogP contribution >= 0.6 is 0 Å². The normalized spacial score (nSPS) is 58.0. The van der Waals surface area contributed by atoms with Gasteiger partial charge in [0.25, 0.3) is 0 Å². The Morgan fingerprint density at radius 3 is 2.15 bits per heavy atom. The number of Topliss-reactive ketones (excluding diaryl/α,β-unsaturated/α-hetero) is 2. The average Bonchev–Trinajstić information content (AvgIpc) is 2.70. The second-order valence-electron chi connectivity index (χ2n) is 15.3. The van der Waals surface area contributed by atoms with Gasteiger partial charge in [0.2, 0.25) is 0 Å². The molecule has 33 heavy (non-hydrogen) atoms. The molecule has 5 aliphatic carbocycles. The molecule has 0 spiro atoms. The van der Waals surface area contributed by atoms with Crippen LogP contribution in [0.3, 0.4) is 0 Å². The van der Waals surface area contributed by atoms with Crippen LogP contribution in [0.5, 0.6) is 0 Å². The van der Waals surface area contributed by atoms with Gasteiger partial charge in [0.1, 0.15) is 11.6 Å². The van der Waals surface area contributed by atoms with Gasteiger partial charge in [-0.1, -0.05) is 55.4 Å². The molecule has 3 heteroatoms. The SMILES string of the molecule is C[C@H]1C(=O)CC[C@@H]2[C@]1(C)C[C@@H](O)[C@H]1[C@@]2(C)CC[C@@]2(C)[C@@H]3CC(C)(C)CC[C@]3(C)CC(=O)[C@]12C. The van der Waals surface area contributed by atoms with Crippen molar-refractivity contribution in [2.75, 3.05) is 0 Å². The first-order valence-electron chi connectivity index (χ1n) is 13.8. The van der Waals surface area contributed by atoms with Crippen LogP contribution in [-0.2, 0) is 9.59 Å². The molecular formula is C30H48O3. The number of hydrogen-bond acceptors (Lipinski definition) is 3. The summed E-state index contributed by atoms with van der Waals surface area (Å²) >= 11 is 0. The van der Waals surface area contributed by atoms with Crippen LogP contribution < -0.4 is 0 Å². The molecule has 5 rings (SSSR count). The van der Waals surface area contributed by atoms with Crippen molar-refractivity contribution in [2.24, 2.45) is 56.2 Å². The molecule has 0 unspecified atom stereocenters. The smallest absolute Gasteiger partial charge is 0.140 e. The lowest BCUT2D eigenvalue weighted by atomic mass is 9.29. The molecule has 5 saturated carbocycles. The fourth-order valence-corrected chi connectivity index (χ4v) is 11.1. The molecule has 0 aromatic rings. The van der Waals surface area contributed by atoms with E-state index in [1.165, 1.54) is 12.8 Å². The number of carbonyl (C=O) groups is 2. The monoisotopic (exact) mass is 456 g/mol. The second-order valence-corrected chi connectivity index (χ2v) is 15.3. The molecule has 186 valence electrons. The highest BCUT2D eigenvalue weighted by molar-refractivity contribution is 5.88. The van der Waals surface area contributed by atoms with Gasteiger partial charge in [-0.2, -0.15) is 0 Å². The molecular weight excluding hydrogens is 408 g/mol. The number of hydrogen-bond donors (Lipinski definition) is 1. The third-order valence-electron chi connectivity index (χ3n) is 13.4. The first kappa shape index (κ1) is 24.0. The third-order valence-corrected chi connectivity index (χ3v) is 13.4. The van der Waals surface area contributed by atoms with Crippen molar-refractivity contribution in [1.82, 2.24) is 0 Å². The molecule has 0 saturated heterocycles. The molecule has 5 aliphatic rings. The van der Waals surface area contributed by atoms with E-state index in [0.717, 1.165) is 25.7 Å². The zero-order valence-corrected chi connectivity index (χ0v) is 22.5. The minimum absolute atomic E-state index is 0.00529. The fraction of sp³-hybridized carbons (Fsp3) is 0.933. The second kappa shape index (κ2) is 6.74. The van der Waals surface area contributed by atoms with Gasteiger partial charge in [-0.15, -0.1) is 0 Å². The zero-order chi connectivity index (χ0) is 24.4. The van der Waals surface area contributed by atoms with Crippen molar-refractivity contribution < 1.29 is 14.7 Å². The minimum Gasteiger partial charge on any atom is -0.393 e. The molecule has 10 atom stereocenters. The maximum Gasteiger partial charge on any atom is 0.140 e. The Labute approximate surface area is 201 Å². The summed E-state index contributed by atoms with van der Waals surface area (Å²) < 4.78 is 0. The van der Waals surface area contributed by atoms with Crippen LogP contribution in [0.1, 0.15) is 113 Å². The predicted octanol–water partition coefficient (Wildman–Crippen LogP) is 6.61. The largest absolute Gasteiger partial charge is 0.393 e. The highest BCUT2D eigenvalue weighted by Gasteiger charge is 2.75. The van der Waals surface area contributed by atoms with Gasteiger partial charge in [0.05, 0.1) is 6.10 Å². The van der Waals surface area contributed by atoms with E-state index in [2.05, 4.69) is 55.4 Å². The minimum atomic E-state index is -0.515. The van der Waals surface area contributed by atoms with Crippen LogP contribution in [0.25, 0.3) is 0 Å². The van der Waals surface area contributed by atoms with Crippen molar-refractivity contribution in [3.05, 3.63) is 0 Å². The summed E-state index contributed by atoms with van der Waals surface area (Å²) in [6.45, 7) is 18.7. The zero-order valence-electron chi connectivity index (χ0n) is 22.5. The molecule has 3 nitrogen and oxygen atoms in total.